The van der Waals surface area contributed by atoms with Crippen LogP contribution in [0, 0.1) is 0 Å². The standard InChI is InChI=1S/C16H12O/c1-11(17)10-16-14-8-4-2-6-12(14)13-7-3-5-9-15(13)16/h2-10H,1H3. The van der Waals surface area contributed by atoms with Crippen molar-refractivity contribution in [2.75, 3.05) is 0 Å². The highest BCUT2D eigenvalue weighted by Gasteiger charge is 2.22. The van der Waals surface area contributed by atoms with Gasteiger partial charge >= 0.3 is 0 Å². The van der Waals surface area contributed by atoms with Crippen LogP contribution in [0.4, 0.5) is 0 Å². The van der Waals surface area contributed by atoms with E-state index in [1.54, 1.807) is 13.0 Å². The molecule has 1 aliphatic carbocycles. The number of hydrogen-bond acceptors (Lipinski definition) is 1. The normalized spacial score (nSPS) is 11.9. The van der Waals surface area contributed by atoms with E-state index in [9.17, 15) is 4.79 Å². The van der Waals surface area contributed by atoms with Crippen molar-refractivity contribution in [3.63, 3.8) is 0 Å². The number of hydrogen-bond donors (Lipinski definition) is 0. The predicted octanol–water partition coefficient (Wildman–Crippen LogP) is 3.69. The first-order valence-corrected chi connectivity index (χ1v) is 5.69. The minimum atomic E-state index is 0.0894. The van der Waals surface area contributed by atoms with Crippen molar-refractivity contribution in [2.24, 2.45) is 0 Å². The number of ketones is 1. The average molecular weight is 220 g/mol. The molecule has 0 atom stereocenters. The topological polar surface area (TPSA) is 17.1 Å². The molecular weight excluding hydrogens is 208 g/mol. The van der Waals surface area contributed by atoms with Gasteiger partial charge < -0.3 is 0 Å². The summed E-state index contributed by atoms with van der Waals surface area (Å²) in [5, 5.41) is 0. The maximum Gasteiger partial charge on any atom is 0.153 e. The van der Waals surface area contributed by atoms with E-state index >= 15 is 0 Å². The van der Waals surface area contributed by atoms with Gasteiger partial charge in [-0.2, -0.15) is 0 Å². The number of fused-ring (bicyclic) bond motifs is 3. The van der Waals surface area contributed by atoms with E-state index in [1.807, 2.05) is 24.3 Å². The zero-order valence-corrected chi connectivity index (χ0v) is 9.60. The van der Waals surface area contributed by atoms with Crippen LogP contribution < -0.4 is 0 Å². The van der Waals surface area contributed by atoms with Gasteiger partial charge in [-0.3, -0.25) is 4.79 Å². The predicted molar refractivity (Wildman–Crippen MR) is 69.6 cm³/mol. The Balaban J connectivity index is 2.35. The molecule has 0 saturated heterocycles. The molecule has 0 aliphatic heterocycles. The second-order valence-electron chi connectivity index (χ2n) is 4.26. The lowest BCUT2D eigenvalue weighted by Crippen LogP contribution is -1.87. The van der Waals surface area contributed by atoms with E-state index in [4.69, 9.17) is 0 Å². The van der Waals surface area contributed by atoms with E-state index in [0.717, 1.165) is 16.7 Å². The minimum absolute atomic E-state index is 0.0894. The van der Waals surface area contributed by atoms with Gasteiger partial charge in [0.05, 0.1) is 0 Å². The van der Waals surface area contributed by atoms with E-state index in [0.29, 0.717) is 0 Å². The lowest BCUT2D eigenvalue weighted by atomic mass is 10.0. The Morgan fingerprint density at radius 3 is 1.65 bits per heavy atom. The van der Waals surface area contributed by atoms with Crippen molar-refractivity contribution in [3.8, 4) is 11.1 Å². The summed E-state index contributed by atoms with van der Waals surface area (Å²) in [5.41, 5.74) is 5.79. The zero-order chi connectivity index (χ0) is 11.8. The SMILES string of the molecule is CC(=O)C=C1c2ccccc2-c2ccccc21. The second-order valence-corrected chi connectivity index (χ2v) is 4.26. The summed E-state index contributed by atoms with van der Waals surface area (Å²) in [4.78, 5) is 11.3. The van der Waals surface area contributed by atoms with Gasteiger partial charge in [0.2, 0.25) is 0 Å². The Kier molecular flexibility index (Phi) is 2.19. The third-order valence-corrected chi connectivity index (χ3v) is 3.07. The molecule has 0 spiro atoms. The first-order valence-electron chi connectivity index (χ1n) is 5.69. The summed E-state index contributed by atoms with van der Waals surface area (Å²) in [6.07, 6.45) is 1.73. The quantitative estimate of drug-likeness (QED) is 0.572. The van der Waals surface area contributed by atoms with E-state index < -0.39 is 0 Å². The van der Waals surface area contributed by atoms with Gasteiger partial charge in [0.15, 0.2) is 5.78 Å². The Labute approximate surface area is 100 Å². The molecule has 1 aliphatic rings. The largest absolute Gasteiger partial charge is 0.295 e. The van der Waals surface area contributed by atoms with Crippen molar-refractivity contribution >= 4 is 11.4 Å². The fourth-order valence-corrected chi connectivity index (χ4v) is 2.41. The number of carbonyl (C=O) groups excluding carboxylic acids is 1. The summed E-state index contributed by atoms with van der Waals surface area (Å²) < 4.78 is 0. The van der Waals surface area contributed by atoms with Crippen molar-refractivity contribution < 1.29 is 4.79 Å². The molecule has 0 saturated carbocycles. The molecule has 2 aromatic carbocycles. The highest BCUT2D eigenvalue weighted by atomic mass is 16.1. The number of carbonyl (C=O) groups is 1. The first-order chi connectivity index (χ1) is 8.27. The Morgan fingerprint density at radius 1 is 0.824 bits per heavy atom. The van der Waals surface area contributed by atoms with Crippen molar-refractivity contribution in [3.05, 3.63) is 65.7 Å². The lowest BCUT2D eigenvalue weighted by molar-refractivity contribution is -0.112. The van der Waals surface area contributed by atoms with Crippen molar-refractivity contribution in [1.29, 1.82) is 0 Å². The minimum Gasteiger partial charge on any atom is -0.295 e. The highest BCUT2D eigenvalue weighted by Crippen LogP contribution is 2.43. The van der Waals surface area contributed by atoms with Gasteiger partial charge in [0.25, 0.3) is 0 Å². The molecule has 0 bridgehead atoms. The van der Waals surface area contributed by atoms with Gasteiger partial charge in [0, 0.05) is 0 Å². The zero-order valence-electron chi connectivity index (χ0n) is 9.60. The van der Waals surface area contributed by atoms with Crippen LogP contribution in [0.5, 0.6) is 0 Å². The van der Waals surface area contributed by atoms with Crippen LogP contribution >= 0.6 is 0 Å². The molecule has 0 radical (unpaired) electrons. The highest BCUT2D eigenvalue weighted by molar-refractivity contribution is 6.07. The van der Waals surface area contributed by atoms with Gasteiger partial charge in [-0.1, -0.05) is 48.5 Å². The average Bonchev–Trinajstić information content (AvgIpc) is 2.65. The number of benzene rings is 2. The van der Waals surface area contributed by atoms with Gasteiger partial charge in [-0.05, 0) is 40.8 Å². The van der Waals surface area contributed by atoms with Gasteiger partial charge in [-0.25, -0.2) is 0 Å². The lowest BCUT2D eigenvalue weighted by Gasteiger charge is -2.00. The molecule has 0 N–H and O–H groups in total. The van der Waals surface area contributed by atoms with Gasteiger partial charge in [-0.15, -0.1) is 0 Å². The second kappa shape index (κ2) is 3.70. The summed E-state index contributed by atoms with van der Waals surface area (Å²) in [6, 6.07) is 16.5. The Hall–Kier alpha value is -2.15. The van der Waals surface area contributed by atoms with E-state index in [-0.39, 0.29) is 5.78 Å². The summed E-state index contributed by atoms with van der Waals surface area (Å²) in [6.45, 7) is 1.59. The fraction of sp³-hybridized carbons (Fsp3) is 0.0625. The van der Waals surface area contributed by atoms with Crippen LogP contribution in [-0.2, 0) is 4.79 Å². The van der Waals surface area contributed by atoms with Crippen LogP contribution in [-0.4, -0.2) is 5.78 Å². The van der Waals surface area contributed by atoms with E-state index in [1.165, 1.54) is 11.1 Å². The fourth-order valence-electron chi connectivity index (χ4n) is 2.41. The molecule has 0 unspecified atom stereocenters. The maximum absolute atomic E-state index is 11.3. The Bertz CT molecular complexity index is 588. The molecule has 0 heterocycles. The van der Waals surface area contributed by atoms with Crippen LogP contribution in [0.15, 0.2) is 54.6 Å². The summed E-state index contributed by atoms with van der Waals surface area (Å²) in [5.74, 6) is 0.0894. The molecule has 0 amide bonds. The van der Waals surface area contributed by atoms with Crippen LogP contribution in [0.3, 0.4) is 0 Å². The third kappa shape index (κ3) is 1.51. The van der Waals surface area contributed by atoms with E-state index in [2.05, 4.69) is 24.3 Å². The van der Waals surface area contributed by atoms with Crippen molar-refractivity contribution in [1.82, 2.24) is 0 Å². The molecule has 1 nitrogen and oxygen atoms in total. The van der Waals surface area contributed by atoms with Crippen LogP contribution in [0.2, 0.25) is 0 Å². The monoisotopic (exact) mass is 220 g/mol. The smallest absolute Gasteiger partial charge is 0.153 e. The summed E-state index contributed by atoms with van der Waals surface area (Å²) >= 11 is 0. The number of rotatable bonds is 1. The molecule has 3 rings (SSSR count). The molecule has 17 heavy (non-hydrogen) atoms. The van der Waals surface area contributed by atoms with Crippen LogP contribution in [0.1, 0.15) is 18.1 Å². The van der Waals surface area contributed by atoms with Gasteiger partial charge in [0.1, 0.15) is 0 Å². The molecule has 2 aromatic rings. The molecular formula is C16H12O. The molecule has 82 valence electrons. The van der Waals surface area contributed by atoms with Crippen molar-refractivity contribution in [2.45, 2.75) is 6.92 Å². The first kappa shape index (κ1) is 10.0. The molecule has 0 fully saturated rings. The molecule has 1 heteroatoms. The third-order valence-electron chi connectivity index (χ3n) is 3.07. The number of allylic oxidation sites excluding steroid dienone is 1. The maximum atomic E-state index is 11.3. The Morgan fingerprint density at radius 2 is 1.24 bits per heavy atom. The summed E-state index contributed by atoms with van der Waals surface area (Å²) in [7, 11) is 0. The molecule has 0 aromatic heterocycles. The van der Waals surface area contributed by atoms with Crippen LogP contribution in [0.25, 0.3) is 16.7 Å².